The van der Waals surface area contributed by atoms with Gasteiger partial charge in [0.05, 0.1) is 5.60 Å². The molecular formula is C24H34N2O3. The Hall–Kier alpha value is -1.59. The molecule has 0 radical (unpaired) electrons. The fourth-order valence-electron chi connectivity index (χ4n) is 6.46. The number of aromatic hydroxyl groups is 1. The molecule has 1 amide bonds. The van der Waals surface area contributed by atoms with Gasteiger partial charge in [-0.1, -0.05) is 19.9 Å². The van der Waals surface area contributed by atoms with Crippen molar-refractivity contribution in [1.29, 1.82) is 0 Å². The molecule has 5 heteroatoms. The van der Waals surface area contributed by atoms with Crippen LogP contribution >= 0.6 is 0 Å². The van der Waals surface area contributed by atoms with Gasteiger partial charge in [-0.15, -0.1) is 0 Å². The van der Waals surface area contributed by atoms with E-state index in [1.54, 1.807) is 6.07 Å². The summed E-state index contributed by atoms with van der Waals surface area (Å²) >= 11 is 0. The van der Waals surface area contributed by atoms with Crippen molar-refractivity contribution in [2.75, 3.05) is 19.6 Å². The number of nitrogens with one attached hydrogen (secondary N) is 1. The zero-order chi connectivity index (χ0) is 20.4. The molecule has 3 fully saturated rings. The second kappa shape index (κ2) is 6.71. The second-order valence-corrected chi connectivity index (χ2v) is 10.5. The average Bonchev–Trinajstić information content (AvgIpc) is 3.42. The minimum Gasteiger partial charge on any atom is -0.508 e. The van der Waals surface area contributed by atoms with Crippen molar-refractivity contribution in [2.24, 2.45) is 17.8 Å². The zero-order valence-electron chi connectivity index (χ0n) is 17.7. The van der Waals surface area contributed by atoms with E-state index in [1.165, 1.54) is 18.4 Å². The molecule has 29 heavy (non-hydrogen) atoms. The van der Waals surface area contributed by atoms with Gasteiger partial charge in [0, 0.05) is 30.5 Å². The van der Waals surface area contributed by atoms with E-state index < -0.39 is 11.0 Å². The number of phenols is 1. The first-order valence-corrected chi connectivity index (χ1v) is 11.4. The minimum absolute atomic E-state index is 0.0665. The first-order valence-electron chi connectivity index (χ1n) is 11.4. The van der Waals surface area contributed by atoms with Gasteiger partial charge in [-0.05, 0) is 80.2 Å². The smallest absolute Gasteiger partial charge is 0.223 e. The third-order valence-electron chi connectivity index (χ3n) is 8.07. The summed E-state index contributed by atoms with van der Waals surface area (Å²) < 4.78 is 0. The molecule has 0 aromatic heterocycles. The van der Waals surface area contributed by atoms with Crippen LogP contribution in [-0.4, -0.2) is 52.3 Å². The normalized spacial score (nSPS) is 36.0. The third kappa shape index (κ3) is 3.00. The number of fused-ring (bicyclic) bond motifs is 1. The summed E-state index contributed by atoms with van der Waals surface area (Å²) in [5, 5.41) is 25.5. The first-order chi connectivity index (χ1) is 13.8. The highest BCUT2D eigenvalue weighted by Crippen LogP contribution is 2.62. The fraction of sp³-hybridized carbons (Fsp3) is 0.708. The van der Waals surface area contributed by atoms with Gasteiger partial charge in [0.1, 0.15) is 5.75 Å². The van der Waals surface area contributed by atoms with Crippen molar-refractivity contribution in [3.05, 3.63) is 29.3 Å². The van der Waals surface area contributed by atoms with Gasteiger partial charge in [-0.2, -0.15) is 0 Å². The quantitative estimate of drug-likeness (QED) is 0.713. The maximum atomic E-state index is 13.0. The number of likely N-dealkylation sites (tertiary alicyclic amines) is 1. The monoisotopic (exact) mass is 398 g/mol. The summed E-state index contributed by atoms with van der Waals surface area (Å²) in [5.41, 5.74) is 0.993. The number of amides is 1. The number of hydrogen-bond donors (Lipinski definition) is 3. The second-order valence-electron chi connectivity index (χ2n) is 10.5. The summed E-state index contributed by atoms with van der Waals surface area (Å²) in [6.07, 6.45) is 5.47. The molecule has 5 rings (SSSR count). The summed E-state index contributed by atoms with van der Waals surface area (Å²) in [6, 6.07) is 5.73. The molecule has 1 aliphatic heterocycles. The highest BCUT2D eigenvalue weighted by Gasteiger charge is 2.68. The maximum absolute atomic E-state index is 13.0. The largest absolute Gasteiger partial charge is 0.508 e. The van der Waals surface area contributed by atoms with Crippen LogP contribution < -0.4 is 5.32 Å². The number of carbonyl (C=O) groups is 1. The van der Waals surface area contributed by atoms with E-state index in [4.69, 9.17) is 0 Å². The Morgan fingerprint density at radius 3 is 2.83 bits per heavy atom. The summed E-state index contributed by atoms with van der Waals surface area (Å²) in [5.74, 6) is 1.35. The Bertz CT molecular complexity index is 820. The Balaban J connectivity index is 1.52. The number of piperidine rings is 1. The highest BCUT2D eigenvalue weighted by molar-refractivity contribution is 5.80. The Labute approximate surface area is 173 Å². The molecule has 1 aromatic rings. The van der Waals surface area contributed by atoms with E-state index in [0.717, 1.165) is 37.4 Å². The lowest BCUT2D eigenvalue weighted by atomic mass is 9.56. The predicted octanol–water partition coefficient (Wildman–Crippen LogP) is 2.58. The van der Waals surface area contributed by atoms with E-state index >= 15 is 0 Å². The number of benzene rings is 1. The van der Waals surface area contributed by atoms with Crippen molar-refractivity contribution < 1.29 is 15.0 Å². The van der Waals surface area contributed by atoms with Crippen molar-refractivity contribution >= 4 is 5.91 Å². The van der Waals surface area contributed by atoms with Crippen LogP contribution in [0.5, 0.6) is 5.75 Å². The van der Waals surface area contributed by atoms with Crippen LogP contribution in [0, 0.1) is 17.8 Å². The van der Waals surface area contributed by atoms with E-state index in [2.05, 4.69) is 24.1 Å². The van der Waals surface area contributed by atoms with Gasteiger partial charge < -0.3 is 15.5 Å². The van der Waals surface area contributed by atoms with Crippen LogP contribution in [0.2, 0.25) is 0 Å². The van der Waals surface area contributed by atoms with Crippen LogP contribution in [0.15, 0.2) is 18.2 Å². The van der Waals surface area contributed by atoms with E-state index in [9.17, 15) is 15.0 Å². The van der Waals surface area contributed by atoms with E-state index in [-0.39, 0.29) is 23.6 Å². The van der Waals surface area contributed by atoms with E-state index in [0.29, 0.717) is 25.3 Å². The Morgan fingerprint density at radius 2 is 2.10 bits per heavy atom. The van der Waals surface area contributed by atoms with Crippen LogP contribution in [0.4, 0.5) is 0 Å². The van der Waals surface area contributed by atoms with Crippen LogP contribution in [0.3, 0.4) is 0 Å². The summed E-state index contributed by atoms with van der Waals surface area (Å²) in [6.45, 7) is 6.92. The molecule has 3 aliphatic carbocycles. The Morgan fingerprint density at radius 1 is 1.31 bits per heavy atom. The van der Waals surface area contributed by atoms with Gasteiger partial charge in [0.15, 0.2) is 0 Å². The number of phenolic OH excluding ortho intramolecular Hbond substituents is 1. The number of aliphatic hydroxyl groups is 1. The molecule has 1 aromatic carbocycles. The van der Waals surface area contributed by atoms with Crippen molar-refractivity contribution in [3.63, 3.8) is 0 Å². The number of rotatable bonds is 5. The van der Waals surface area contributed by atoms with Gasteiger partial charge in [0.25, 0.3) is 0 Å². The van der Waals surface area contributed by atoms with Crippen molar-refractivity contribution in [2.45, 2.75) is 69.4 Å². The SMILES string of the molecule is CC(C)CNC(=O)[C@H]1C[C@]23CCN(CC4CC4)[C@H](Cc4ccc(O)cc42)[C@]3(O)C1. The van der Waals surface area contributed by atoms with Gasteiger partial charge in [-0.3, -0.25) is 9.69 Å². The fourth-order valence-corrected chi connectivity index (χ4v) is 6.46. The maximum Gasteiger partial charge on any atom is 0.223 e. The zero-order valence-corrected chi connectivity index (χ0v) is 17.7. The molecule has 5 nitrogen and oxygen atoms in total. The van der Waals surface area contributed by atoms with Gasteiger partial charge in [0.2, 0.25) is 5.91 Å². The van der Waals surface area contributed by atoms with Crippen LogP contribution in [0.1, 0.15) is 57.1 Å². The molecule has 4 aliphatic rings. The molecule has 3 N–H and O–H groups in total. The lowest BCUT2D eigenvalue weighted by Crippen LogP contribution is -2.69. The molecule has 2 saturated carbocycles. The molecule has 158 valence electrons. The van der Waals surface area contributed by atoms with Crippen LogP contribution in [0.25, 0.3) is 0 Å². The first kappa shape index (κ1) is 19.4. The van der Waals surface area contributed by atoms with Crippen molar-refractivity contribution in [1.82, 2.24) is 10.2 Å². The molecule has 0 unspecified atom stereocenters. The number of nitrogens with zero attached hydrogens (tertiary/aromatic N) is 1. The topological polar surface area (TPSA) is 72.8 Å². The number of carbonyl (C=O) groups excluding carboxylic acids is 1. The molecular weight excluding hydrogens is 364 g/mol. The molecule has 2 bridgehead atoms. The Kier molecular flexibility index (Phi) is 4.48. The minimum atomic E-state index is -0.902. The lowest BCUT2D eigenvalue weighted by Gasteiger charge is -2.59. The lowest BCUT2D eigenvalue weighted by molar-refractivity contribution is -0.134. The van der Waals surface area contributed by atoms with Gasteiger partial charge >= 0.3 is 0 Å². The average molecular weight is 399 g/mol. The molecule has 0 spiro atoms. The van der Waals surface area contributed by atoms with Gasteiger partial charge in [-0.25, -0.2) is 0 Å². The highest BCUT2D eigenvalue weighted by atomic mass is 16.3. The standard InChI is InChI=1S/C24H34N2O3/c1-15(2)13-25-22(28)18-11-23-7-8-26(14-16-3-4-16)21(24(23,29)12-18)9-17-5-6-19(27)10-20(17)23/h5-6,10,15-16,18,21,27,29H,3-4,7-9,11-14H2,1-2H3,(H,25,28)/t18-,21+,23+,24+/m0/s1. The van der Waals surface area contributed by atoms with Crippen molar-refractivity contribution in [3.8, 4) is 5.75 Å². The summed E-state index contributed by atoms with van der Waals surface area (Å²) in [4.78, 5) is 15.5. The molecule has 4 atom stereocenters. The van der Waals surface area contributed by atoms with E-state index in [1.807, 2.05) is 12.1 Å². The van der Waals surface area contributed by atoms with Crippen LogP contribution in [-0.2, 0) is 16.6 Å². The number of hydrogen-bond acceptors (Lipinski definition) is 4. The molecule has 1 heterocycles. The predicted molar refractivity (Wildman–Crippen MR) is 112 cm³/mol. The molecule has 1 saturated heterocycles. The third-order valence-corrected chi connectivity index (χ3v) is 8.07. The summed E-state index contributed by atoms with van der Waals surface area (Å²) in [7, 11) is 0.